The third-order valence-corrected chi connectivity index (χ3v) is 6.95. The van der Waals surface area contributed by atoms with Crippen LogP contribution in [0.15, 0.2) is 82.4 Å². The van der Waals surface area contributed by atoms with Gasteiger partial charge in [0.25, 0.3) is 11.5 Å². The van der Waals surface area contributed by atoms with E-state index in [4.69, 9.17) is 9.94 Å². The summed E-state index contributed by atoms with van der Waals surface area (Å²) in [5, 5.41) is 9.31. The van der Waals surface area contributed by atoms with Gasteiger partial charge >= 0.3 is 5.69 Å². The fourth-order valence-corrected chi connectivity index (χ4v) is 4.80. The minimum Gasteiger partial charge on any atom is -0.379 e. The number of morpholine rings is 1. The number of rotatable bonds is 8. The lowest BCUT2D eigenvalue weighted by Gasteiger charge is -2.26. The van der Waals surface area contributed by atoms with Gasteiger partial charge in [-0.15, -0.1) is 0 Å². The SMILES string of the molecule is O=C(NO)c1ccc(Cn2c(=O)n(CCc3ccc(CN4CCOCC4)cc3)c(=O)c3ccccc32)cc1. The minimum atomic E-state index is -0.609. The van der Waals surface area contributed by atoms with Gasteiger partial charge in [0.1, 0.15) is 0 Å². The lowest BCUT2D eigenvalue weighted by molar-refractivity contribution is 0.0342. The monoisotopic (exact) mass is 514 g/mol. The number of amides is 1. The average molecular weight is 515 g/mol. The van der Waals surface area contributed by atoms with Gasteiger partial charge in [0.05, 0.1) is 30.7 Å². The number of hydrogen-bond acceptors (Lipinski definition) is 6. The molecule has 4 aromatic rings. The number of para-hydroxylation sites is 1. The van der Waals surface area contributed by atoms with Crippen LogP contribution in [0.2, 0.25) is 0 Å². The predicted molar refractivity (Wildman–Crippen MR) is 144 cm³/mol. The molecule has 3 aromatic carbocycles. The fraction of sp³-hybridized carbons (Fsp3) is 0.276. The van der Waals surface area contributed by atoms with E-state index in [1.807, 2.05) is 0 Å². The summed E-state index contributed by atoms with van der Waals surface area (Å²) in [6.07, 6.45) is 0.552. The largest absolute Gasteiger partial charge is 0.379 e. The van der Waals surface area contributed by atoms with Crippen molar-refractivity contribution in [2.45, 2.75) is 26.1 Å². The number of carbonyl (C=O) groups excluding carboxylic acids is 1. The number of carbonyl (C=O) groups is 1. The average Bonchev–Trinajstić information content (AvgIpc) is 2.96. The van der Waals surface area contributed by atoms with Gasteiger partial charge in [-0.25, -0.2) is 10.3 Å². The van der Waals surface area contributed by atoms with Crippen molar-refractivity contribution < 1.29 is 14.7 Å². The highest BCUT2D eigenvalue weighted by atomic mass is 16.5. The number of nitrogens with zero attached hydrogens (tertiary/aromatic N) is 3. The molecule has 1 amide bonds. The van der Waals surface area contributed by atoms with Crippen molar-refractivity contribution in [2.75, 3.05) is 26.3 Å². The summed E-state index contributed by atoms with van der Waals surface area (Å²) in [4.78, 5) is 40.8. The van der Waals surface area contributed by atoms with Gasteiger partial charge in [0, 0.05) is 31.7 Å². The first-order valence-corrected chi connectivity index (χ1v) is 12.7. The van der Waals surface area contributed by atoms with Crippen molar-refractivity contribution >= 4 is 16.8 Å². The number of fused-ring (bicyclic) bond motifs is 1. The standard InChI is InChI=1S/C29H30N4O5/c34-27(30-37)24-11-9-23(10-12-24)20-33-26-4-2-1-3-25(26)28(35)32(29(33)36)14-13-21-5-7-22(8-6-21)19-31-15-17-38-18-16-31/h1-12,37H,13-20H2,(H,30,34). The number of aromatic nitrogens is 2. The molecule has 0 saturated carbocycles. The molecule has 2 heterocycles. The topological polar surface area (TPSA) is 106 Å². The molecular weight excluding hydrogens is 484 g/mol. The molecule has 0 bridgehead atoms. The summed E-state index contributed by atoms with van der Waals surface area (Å²) in [6, 6.07) is 22.0. The number of nitrogens with one attached hydrogen (secondary N) is 1. The maximum atomic E-state index is 13.5. The first kappa shape index (κ1) is 25.6. The Labute approximate surface area is 219 Å². The molecular formula is C29H30N4O5. The molecule has 9 heteroatoms. The van der Waals surface area contributed by atoms with Crippen molar-refractivity contribution in [3.8, 4) is 0 Å². The van der Waals surface area contributed by atoms with Crippen molar-refractivity contribution in [3.63, 3.8) is 0 Å². The molecule has 0 spiro atoms. The molecule has 5 rings (SSSR count). The predicted octanol–water partition coefficient (Wildman–Crippen LogP) is 2.41. The molecule has 38 heavy (non-hydrogen) atoms. The molecule has 9 nitrogen and oxygen atoms in total. The van der Waals surface area contributed by atoms with Gasteiger partial charge in [-0.05, 0) is 47.4 Å². The van der Waals surface area contributed by atoms with E-state index in [0.29, 0.717) is 22.9 Å². The van der Waals surface area contributed by atoms with Crippen LogP contribution in [0.25, 0.3) is 10.9 Å². The lowest BCUT2D eigenvalue weighted by Crippen LogP contribution is -2.40. The third kappa shape index (κ3) is 5.60. The summed E-state index contributed by atoms with van der Waals surface area (Å²) in [5.41, 5.74) is 4.85. The molecule has 1 fully saturated rings. The van der Waals surface area contributed by atoms with Gasteiger partial charge in [-0.1, -0.05) is 48.5 Å². The summed E-state index contributed by atoms with van der Waals surface area (Å²) < 4.78 is 8.31. The quantitative estimate of drug-likeness (QED) is 0.276. The minimum absolute atomic E-state index is 0.233. The fourth-order valence-electron chi connectivity index (χ4n) is 4.80. The number of hydroxylamine groups is 1. The Morgan fingerprint density at radius 2 is 1.45 bits per heavy atom. The van der Waals surface area contributed by atoms with E-state index < -0.39 is 5.91 Å². The van der Waals surface area contributed by atoms with Crippen LogP contribution in [-0.4, -0.2) is 51.5 Å². The Hall–Kier alpha value is -4.05. The van der Waals surface area contributed by atoms with E-state index >= 15 is 0 Å². The summed E-state index contributed by atoms with van der Waals surface area (Å²) >= 11 is 0. The van der Waals surface area contributed by atoms with Crippen molar-refractivity contribution in [3.05, 3.63) is 116 Å². The summed E-state index contributed by atoms with van der Waals surface area (Å²) in [7, 11) is 0. The van der Waals surface area contributed by atoms with Crippen molar-refractivity contribution in [1.29, 1.82) is 0 Å². The van der Waals surface area contributed by atoms with Crippen LogP contribution in [0.5, 0.6) is 0 Å². The molecule has 1 aromatic heterocycles. The number of aryl methyl sites for hydroxylation is 1. The van der Waals surface area contributed by atoms with E-state index in [9.17, 15) is 14.4 Å². The van der Waals surface area contributed by atoms with E-state index in [0.717, 1.165) is 44.0 Å². The molecule has 0 aliphatic carbocycles. The van der Waals surface area contributed by atoms with Crippen LogP contribution in [0, 0.1) is 0 Å². The number of ether oxygens (including phenoxy) is 1. The Morgan fingerprint density at radius 1 is 0.816 bits per heavy atom. The third-order valence-electron chi connectivity index (χ3n) is 6.95. The Bertz CT molecular complexity index is 1540. The second kappa shape index (κ2) is 11.6. The maximum Gasteiger partial charge on any atom is 0.331 e. The van der Waals surface area contributed by atoms with Gasteiger partial charge in [-0.3, -0.25) is 28.8 Å². The van der Waals surface area contributed by atoms with Crippen molar-refractivity contribution in [1.82, 2.24) is 19.5 Å². The highest BCUT2D eigenvalue weighted by molar-refractivity contribution is 5.93. The Balaban J connectivity index is 1.37. The highest BCUT2D eigenvalue weighted by Gasteiger charge is 2.14. The van der Waals surface area contributed by atoms with E-state index in [-0.39, 0.29) is 24.3 Å². The van der Waals surface area contributed by atoms with Gasteiger partial charge in [-0.2, -0.15) is 0 Å². The van der Waals surface area contributed by atoms with E-state index in [2.05, 4.69) is 29.2 Å². The zero-order valence-electron chi connectivity index (χ0n) is 21.0. The van der Waals surface area contributed by atoms with Crippen molar-refractivity contribution in [2.24, 2.45) is 0 Å². The van der Waals surface area contributed by atoms with Crippen LogP contribution >= 0.6 is 0 Å². The maximum absolute atomic E-state index is 13.5. The lowest BCUT2D eigenvalue weighted by atomic mass is 10.1. The number of benzene rings is 3. The highest BCUT2D eigenvalue weighted by Crippen LogP contribution is 2.13. The van der Waals surface area contributed by atoms with Gasteiger partial charge < -0.3 is 4.74 Å². The summed E-state index contributed by atoms with van der Waals surface area (Å²) in [5.74, 6) is -0.609. The van der Waals surface area contributed by atoms with Gasteiger partial charge in [0.2, 0.25) is 0 Å². The normalized spacial score (nSPS) is 14.0. The number of hydrogen-bond donors (Lipinski definition) is 2. The van der Waals surface area contributed by atoms with Crippen LogP contribution in [-0.2, 0) is 30.8 Å². The van der Waals surface area contributed by atoms with Crippen LogP contribution in [0.3, 0.4) is 0 Å². The Kier molecular flexibility index (Phi) is 7.78. The van der Waals surface area contributed by atoms with Gasteiger partial charge in [0.15, 0.2) is 0 Å². The smallest absolute Gasteiger partial charge is 0.331 e. The second-order valence-electron chi connectivity index (χ2n) is 9.44. The first-order valence-electron chi connectivity index (χ1n) is 12.7. The van der Waals surface area contributed by atoms with E-state index in [1.54, 1.807) is 58.6 Å². The molecule has 1 saturated heterocycles. The second-order valence-corrected chi connectivity index (χ2v) is 9.44. The summed E-state index contributed by atoms with van der Waals surface area (Å²) in [6.45, 7) is 4.77. The molecule has 1 aliphatic rings. The molecule has 2 N–H and O–H groups in total. The van der Waals surface area contributed by atoms with Crippen LogP contribution < -0.4 is 16.7 Å². The van der Waals surface area contributed by atoms with Crippen LogP contribution in [0.4, 0.5) is 0 Å². The molecule has 0 unspecified atom stereocenters. The molecule has 0 radical (unpaired) electrons. The zero-order chi connectivity index (χ0) is 26.5. The Morgan fingerprint density at radius 3 is 2.16 bits per heavy atom. The zero-order valence-corrected chi connectivity index (χ0v) is 21.0. The molecule has 0 atom stereocenters. The van der Waals surface area contributed by atoms with Crippen LogP contribution in [0.1, 0.15) is 27.0 Å². The first-order chi connectivity index (χ1) is 18.5. The molecule has 196 valence electrons. The van der Waals surface area contributed by atoms with E-state index in [1.165, 1.54) is 10.1 Å². The molecule has 1 aliphatic heterocycles.